The van der Waals surface area contributed by atoms with Crippen LogP contribution in [0.25, 0.3) is 5.69 Å². The number of aromatic nitrogens is 2. The monoisotopic (exact) mass is 374 g/mol. The van der Waals surface area contributed by atoms with Crippen LogP contribution in [0.2, 0.25) is 0 Å². The van der Waals surface area contributed by atoms with Crippen molar-refractivity contribution in [3.05, 3.63) is 78.4 Å². The molecule has 0 spiro atoms. The van der Waals surface area contributed by atoms with Gasteiger partial charge >= 0.3 is 0 Å². The maximum absolute atomic E-state index is 12.8. The molecule has 28 heavy (non-hydrogen) atoms. The lowest BCUT2D eigenvalue weighted by Gasteiger charge is -2.24. The number of aryl methyl sites for hydroxylation is 1. The quantitative estimate of drug-likeness (QED) is 0.761. The van der Waals surface area contributed by atoms with E-state index in [0.717, 1.165) is 17.9 Å². The molecule has 1 atom stereocenters. The van der Waals surface area contributed by atoms with Crippen molar-refractivity contribution in [2.75, 3.05) is 11.9 Å². The number of hydrogen-bond acceptors (Lipinski definition) is 3. The number of carbonyl (C=O) groups excluding carboxylic acids is 2. The Kier molecular flexibility index (Phi) is 4.93. The smallest absolute Gasteiger partial charge is 0.254 e. The summed E-state index contributed by atoms with van der Waals surface area (Å²) in [5.74, 6) is 0.662. The first-order valence-corrected chi connectivity index (χ1v) is 9.41. The second kappa shape index (κ2) is 7.68. The number of likely N-dealkylation sites (tertiary alicyclic amines) is 1. The third-order valence-electron chi connectivity index (χ3n) is 5.08. The molecule has 6 heteroatoms. The van der Waals surface area contributed by atoms with E-state index in [-0.39, 0.29) is 11.8 Å². The lowest BCUT2D eigenvalue weighted by molar-refractivity contribution is -0.119. The SMILES string of the molecule is Cc1nccn1-c1ccc(NC(=O)C2CCCN2C(=O)c2ccccc2)cc1. The highest BCUT2D eigenvalue weighted by molar-refractivity contribution is 6.01. The Labute approximate surface area is 163 Å². The highest BCUT2D eigenvalue weighted by atomic mass is 16.2. The highest BCUT2D eigenvalue weighted by Crippen LogP contribution is 2.22. The van der Waals surface area contributed by atoms with Crippen molar-refractivity contribution in [3.8, 4) is 5.69 Å². The van der Waals surface area contributed by atoms with Crippen LogP contribution in [0, 0.1) is 6.92 Å². The Morgan fingerprint density at radius 2 is 1.82 bits per heavy atom. The molecule has 1 saturated heterocycles. The first-order valence-electron chi connectivity index (χ1n) is 9.41. The molecule has 1 aliphatic rings. The van der Waals surface area contributed by atoms with Gasteiger partial charge in [0.2, 0.25) is 5.91 Å². The predicted octanol–water partition coefficient (Wildman–Crippen LogP) is 3.42. The molecule has 142 valence electrons. The van der Waals surface area contributed by atoms with Crippen LogP contribution in [0.15, 0.2) is 67.0 Å². The van der Waals surface area contributed by atoms with Gasteiger partial charge in [-0.3, -0.25) is 9.59 Å². The maximum Gasteiger partial charge on any atom is 0.254 e. The van der Waals surface area contributed by atoms with Crippen LogP contribution < -0.4 is 5.32 Å². The van der Waals surface area contributed by atoms with Gasteiger partial charge in [-0.15, -0.1) is 0 Å². The summed E-state index contributed by atoms with van der Waals surface area (Å²) in [5.41, 5.74) is 2.31. The van der Waals surface area contributed by atoms with Gasteiger partial charge in [0.15, 0.2) is 0 Å². The van der Waals surface area contributed by atoms with Crippen molar-refractivity contribution in [1.82, 2.24) is 14.5 Å². The zero-order chi connectivity index (χ0) is 19.5. The van der Waals surface area contributed by atoms with Crippen LogP contribution in [0.5, 0.6) is 0 Å². The molecule has 2 aromatic carbocycles. The first-order chi connectivity index (χ1) is 13.6. The number of imidazole rings is 1. The first kappa shape index (κ1) is 18.0. The number of rotatable bonds is 4. The summed E-state index contributed by atoms with van der Waals surface area (Å²) in [5, 5.41) is 2.95. The Balaban J connectivity index is 1.45. The second-order valence-corrected chi connectivity index (χ2v) is 6.90. The molecule has 1 unspecified atom stereocenters. The molecular weight excluding hydrogens is 352 g/mol. The van der Waals surface area contributed by atoms with Gasteiger partial charge < -0.3 is 14.8 Å². The Hall–Kier alpha value is -3.41. The Bertz CT molecular complexity index is 979. The molecule has 2 amide bonds. The number of nitrogens with one attached hydrogen (secondary N) is 1. The minimum absolute atomic E-state index is 0.0934. The van der Waals surface area contributed by atoms with E-state index < -0.39 is 6.04 Å². The van der Waals surface area contributed by atoms with Crippen LogP contribution >= 0.6 is 0 Å². The maximum atomic E-state index is 12.8. The van der Waals surface area contributed by atoms with Crippen LogP contribution in [0.3, 0.4) is 0 Å². The highest BCUT2D eigenvalue weighted by Gasteiger charge is 2.34. The fourth-order valence-electron chi connectivity index (χ4n) is 3.61. The largest absolute Gasteiger partial charge is 0.327 e. The topological polar surface area (TPSA) is 67.2 Å². The summed E-state index contributed by atoms with van der Waals surface area (Å²) in [6.45, 7) is 2.54. The lowest BCUT2D eigenvalue weighted by atomic mass is 10.1. The zero-order valence-corrected chi connectivity index (χ0v) is 15.7. The fraction of sp³-hybridized carbons (Fsp3) is 0.227. The van der Waals surface area contributed by atoms with Gasteiger partial charge in [-0.25, -0.2) is 4.98 Å². The molecule has 1 aliphatic heterocycles. The van der Waals surface area contributed by atoms with Gasteiger partial charge in [-0.1, -0.05) is 18.2 Å². The molecule has 1 aromatic heterocycles. The molecule has 0 aliphatic carbocycles. The van der Waals surface area contributed by atoms with Crippen molar-refractivity contribution >= 4 is 17.5 Å². The van der Waals surface area contributed by atoms with E-state index in [2.05, 4.69) is 10.3 Å². The van der Waals surface area contributed by atoms with Crippen molar-refractivity contribution < 1.29 is 9.59 Å². The van der Waals surface area contributed by atoms with E-state index in [1.807, 2.05) is 60.2 Å². The molecule has 0 bridgehead atoms. The van der Waals surface area contributed by atoms with Crippen LogP contribution in [0.4, 0.5) is 5.69 Å². The average molecular weight is 374 g/mol. The minimum Gasteiger partial charge on any atom is -0.327 e. The van der Waals surface area contributed by atoms with Crippen LogP contribution in [0.1, 0.15) is 29.0 Å². The third-order valence-corrected chi connectivity index (χ3v) is 5.08. The average Bonchev–Trinajstić information content (AvgIpc) is 3.38. The molecule has 2 heterocycles. The summed E-state index contributed by atoms with van der Waals surface area (Å²) in [4.78, 5) is 31.5. The van der Waals surface area contributed by atoms with Gasteiger partial charge in [-0.2, -0.15) is 0 Å². The van der Waals surface area contributed by atoms with E-state index in [9.17, 15) is 9.59 Å². The zero-order valence-electron chi connectivity index (χ0n) is 15.7. The molecule has 3 aromatic rings. The van der Waals surface area contributed by atoms with E-state index in [1.54, 1.807) is 23.2 Å². The summed E-state index contributed by atoms with van der Waals surface area (Å²) < 4.78 is 1.98. The van der Waals surface area contributed by atoms with Crippen molar-refractivity contribution in [2.45, 2.75) is 25.8 Å². The summed E-state index contributed by atoms with van der Waals surface area (Å²) >= 11 is 0. The van der Waals surface area contributed by atoms with Crippen LogP contribution in [-0.4, -0.2) is 38.9 Å². The third kappa shape index (κ3) is 3.53. The molecule has 0 saturated carbocycles. The van der Waals surface area contributed by atoms with Crippen molar-refractivity contribution in [3.63, 3.8) is 0 Å². The summed E-state index contributed by atoms with van der Waals surface area (Å²) in [6.07, 6.45) is 5.16. The number of carbonyl (C=O) groups is 2. The van der Waals surface area contributed by atoms with Crippen LogP contribution in [-0.2, 0) is 4.79 Å². The molecule has 1 fully saturated rings. The molecule has 6 nitrogen and oxygen atoms in total. The molecule has 1 N–H and O–H groups in total. The van der Waals surface area contributed by atoms with Gasteiger partial charge in [-0.05, 0) is 56.2 Å². The number of hydrogen-bond donors (Lipinski definition) is 1. The Morgan fingerprint density at radius 1 is 1.07 bits per heavy atom. The second-order valence-electron chi connectivity index (χ2n) is 6.90. The van der Waals surface area contributed by atoms with E-state index >= 15 is 0 Å². The normalized spacial score (nSPS) is 16.2. The number of nitrogens with zero attached hydrogens (tertiary/aromatic N) is 3. The minimum atomic E-state index is -0.441. The Morgan fingerprint density at radius 3 is 2.50 bits per heavy atom. The van der Waals surface area contributed by atoms with E-state index in [0.29, 0.717) is 24.2 Å². The van der Waals surface area contributed by atoms with E-state index in [4.69, 9.17) is 0 Å². The van der Waals surface area contributed by atoms with Gasteiger partial charge in [0.05, 0.1) is 0 Å². The van der Waals surface area contributed by atoms with Crippen molar-refractivity contribution in [1.29, 1.82) is 0 Å². The summed E-state index contributed by atoms with van der Waals surface area (Å²) in [7, 11) is 0. The fourth-order valence-corrected chi connectivity index (χ4v) is 3.61. The molecule has 0 radical (unpaired) electrons. The predicted molar refractivity (Wildman–Crippen MR) is 107 cm³/mol. The summed E-state index contributed by atoms with van der Waals surface area (Å²) in [6, 6.07) is 16.3. The molecular formula is C22H22N4O2. The number of amides is 2. The molecule has 4 rings (SSSR count). The van der Waals surface area contributed by atoms with Crippen molar-refractivity contribution in [2.24, 2.45) is 0 Å². The van der Waals surface area contributed by atoms with E-state index in [1.165, 1.54) is 0 Å². The van der Waals surface area contributed by atoms with Gasteiger partial charge in [0, 0.05) is 35.9 Å². The van der Waals surface area contributed by atoms with Gasteiger partial charge in [0.1, 0.15) is 11.9 Å². The van der Waals surface area contributed by atoms with Gasteiger partial charge in [0.25, 0.3) is 5.91 Å². The number of anilines is 1. The lowest BCUT2D eigenvalue weighted by Crippen LogP contribution is -2.43. The standard InChI is InChI=1S/C22H22N4O2/c1-16-23-13-15-25(16)19-11-9-18(10-12-19)24-21(27)20-8-5-14-26(20)22(28)17-6-3-2-4-7-17/h2-4,6-7,9-13,15,20H,5,8,14H2,1H3,(H,24,27). The number of benzene rings is 2.